The van der Waals surface area contributed by atoms with Gasteiger partial charge >= 0.3 is 0 Å². The van der Waals surface area contributed by atoms with Crippen LogP contribution in [0.1, 0.15) is 24.5 Å². The molecule has 0 unspecified atom stereocenters. The highest BCUT2D eigenvalue weighted by Gasteiger charge is 2.06. The summed E-state index contributed by atoms with van der Waals surface area (Å²) in [5.41, 5.74) is 2.21. The lowest BCUT2D eigenvalue weighted by molar-refractivity contribution is 0.280. The molecule has 0 fully saturated rings. The van der Waals surface area contributed by atoms with Gasteiger partial charge in [0.1, 0.15) is 5.82 Å². The van der Waals surface area contributed by atoms with Crippen molar-refractivity contribution in [3.8, 4) is 0 Å². The quantitative estimate of drug-likeness (QED) is 0.691. The van der Waals surface area contributed by atoms with Crippen LogP contribution in [0.3, 0.4) is 0 Å². The van der Waals surface area contributed by atoms with E-state index in [1.807, 2.05) is 13.0 Å². The van der Waals surface area contributed by atoms with Crippen LogP contribution >= 0.6 is 11.6 Å². The number of nitrogens with zero attached hydrogens (tertiary/aromatic N) is 1. The summed E-state index contributed by atoms with van der Waals surface area (Å²) in [5.74, 6) is 0.521. The zero-order valence-corrected chi connectivity index (χ0v) is 10.7. The third kappa shape index (κ3) is 4.11. The van der Waals surface area contributed by atoms with Crippen molar-refractivity contribution in [3.63, 3.8) is 0 Å². The topological polar surface area (TPSA) is 3.24 Å². The van der Waals surface area contributed by atoms with Crippen molar-refractivity contribution in [2.45, 2.75) is 26.8 Å². The summed E-state index contributed by atoms with van der Waals surface area (Å²) in [5, 5.41) is 0. The van der Waals surface area contributed by atoms with Gasteiger partial charge in [0.25, 0.3) is 0 Å². The van der Waals surface area contributed by atoms with Crippen LogP contribution in [0.2, 0.25) is 0 Å². The molecule has 0 N–H and O–H groups in total. The van der Waals surface area contributed by atoms with Gasteiger partial charge in [0, 0.05) is 12.4 Å². The molecule has 0 aliphatic carbocycles. The highest BCUT2D eigenvalue weighted by Crippen LogP contribution is 2.13. The first kappa shape index (κ1) is 13.5. The molecule has 1 aromatic carbocycles. The van der Waals surface area contributed by atoms with Gasteiger partial charge < -0.3 is 0 Å². The molecule has 1 rings (SSSR count). The monoisotopic (exact) mass is 243 g/mol. The van der Waals surface area contributed by atoms with Crippen LogP contribution < -0.4 is 0 Å². The first-order valence-corrected chi connectivity index (χ1v) is 6.24. The number of hydrogen-bond donors (Lipinski definition) is 0. The Hall–Kier alpha value is -0.600. The molecule has 0 atom stereocenters. The van der Waals surface area contributed by atoms with Crippen LogP contribution in [0.15, 0.2) is 18.2 Å². The molecule has 1 nitrogen and oxygen atoms in total. The maximum atomic E-state index is 13.1. The van der Waals surface area contributed by atoms with Crippen molar-refractivity contribution in [1.82, 2.24) is 4.90 Å². The summed E-state index contributed by atoms with van der Waals surface area (Å²) in [6.45, 7) is 6.87. The number of benzene rings is 1. The minimum absolute atomic E-state index is 0.158. The van der Waals surface area contributed by atoms with E-state index in [4.69, 9.17) is 11.6 Å². The molecule has 0 spiro atoms. The molecule has 0 aliphatic heterocycles. The molecule has 0 amide bonds. The standard InChI is InChI=1S/C13H19ClFN/c1-3-16(8-4-7-14)10-12-9-13(15)6-5-11(12)2/h5-6,9H,3-4,7-8,10H2,1-2H3. The van der Waals surface area contributed by atoms with Crippen molar-refractivity contribution >= 4 is 11.6 Å². The van der Waals surface area contributed by atoms with E-state index in [0.717, 1.165) is 37.2 Å². The van der Waals surface area contributed by atoms with Gasteiger partial charge in [-0.25, -0.2) is 4.39 Å². The number of rotatable bonds is 6. The Kier molecular flexibility index (Phi) is 5.78. The molecule has 90 valence electrons. The second-order valence-corrected chi connectivity index (χ2v) is 4.36. The van der Waals surface area contributed by atoms with Gasteiger partial charge in [-0.1, -0.05) is 13.0 Å². The van der Waals surface area contributed by atoms with Gasteiger partial charge in [-0.05, 0) is 49.7 Å². The zero-order chi connectivity index (χ0) is 12.0. The molecule has 16 heavy (non-hydrogen) atoms. The normalized spacial score (nSPS) is 11.1. The fraction of sp³-hybridized carbons (Fsp3) is 0.538. The summed E-state index contributed by atoms with van der Waals surface area (Å²) in [4.78, 5) is 2.28. The van der Waals surface area contributed by atoms with Crippen molar-refractivity contribution in [1.29, 1.82) is 0 Å². The summed E-state index contributed by atoms with van der Waals surface area (Å²) < 4.78 is 13.1. The van der Waals surface area contributed by atoms with E-state index in [2.05, 4.69) is 11.8 Å². The van der Waals surface area contributed by atoms with Crippen LogP contribution in [0.5, 0.6) is 0 Å². The third-order valence-corrected chi connectivity index (χ3v) is 3.03. The van der Waals surface area contributed by atoms with Crippen LogP contribution in [-0.2, 0) is 6.54 Å². The summed E-state index contributed by atoms with van der Waals surface area (Å²) in [7, 11) is 0. The van der Waals surface area contributed by atoms with Crippen molar-refractivity contribution < 1.29 is 4.39 Å². The Morgan fingerprint density at radius 1 is 1.38 bits per heavy atom. The average Bonchev–Trinajstić information content (AvgIpc) is 2.28. The van der Waals surface area contributed by atoms with Crippen LogP contribution in [0.4, 0.5) is 4.39 Å². The van der Waals surface area contributed by atoms with Gasteiger partial charge in [-0.15, -0.1) is 11.6 Å². The lowest BCUT2D eigenvalue weighted by Gasteiger charge is -2.21. The fourth-order valence-electron chi connectivity index (χ4n) is 1.68. The number of alkyl halides is 1. The van der Waals surface area contributed by atoms with E-state index >= 15 is 0 Å². The van der Waals surface area contributed by atoms with E-state index in [1.54, 1.807) is 6.07 Å². The van der Waals surface area contributed by atoms with Crippen LogP contribution in [-0.4, -0.2) is 23.9 Å². The van der Waals surface area contributed by atoms with Gasteiger partial charge in [0.2, 0.25) is 0 Å². The lowest BCUT2D eigenvalue weighted by Crippen LogP contribution is -2.24. The second-order valence-electron chi connectivity index (χ2n) is 3.98. The Morgan fingerprint density at radius 2 is 2.12 bits per heavy atom. The van der Waals surface area contributed by atoms with Crippen molar-refractivity contribution in [2.75, 3.05) is 19.0 Å². The van der Waals surface area contributed by atoms with E-state index in [-0.39, 0.29) is 5.82 Å². The first-order chi connectivity index (χ1) is 7.67. The van der Waals surface area contributed by atoms with E-state index < -0.39 is 0 Å². The number of halogens is 2. The van der Waals surface area contributed by atoms with Gasteiger partial charge in [-0.3, -0.25) is 4.90 Å². The Labute approximate surface area is 102 Å². The number of hydrogen-bond acceptors (Lipinski definition) is 1. The molecular formula is C13H19ClFN. The SMILES string of the molecule is CCN(CCCCl)Cc1cc(F)ccc1C. The summed E-state index contributed by atoms with van der Waals surface area (Å²) in [6.07, 6.45) is 0.976. The van der Waals surface area contributed by atoms with E-state index in [9.17, 15) is 4.39 Å². The summed E-state index contributed by atoms with van der Waals surface area (Å²) >= 11 is 5.68. The Balaban J connectivity index is 2.65. The minimum Gasteiger partial charge on any atom is -0.299 e. The van der Waals surface area contributed by atoms with Gasteiger partial charge in [0.15, 0.2) is 0 Å². The van der Waals surface area contributed by atoms with E-state index in [0.29, 0.717) is 5.88 Å². The third-order valence-electron chi connectivity index (χ3n) is 2.76. The molecule has 0 heterocycles. The van der Waals surface area contributed by atoms with Gasteiger partial charge in [-0.2, -0.15) is 0 Å². The van der Waals surface area contributed by atoms with Crippen molar-refractivity contribution in [2.24, 2.45) is 0 Å². The Bertz CT molecular complexity index is 328. The predicted octanol–water partition coefficient (Wildman–Crippen LogP) is 3.58. The van der Waals surface area contributed by atoms with Crippen molar-refractivity contribution in [3.05, 3.63) is 35.1 Å². The molecule has 0 aliphatic rings. The van der Waals surface area contributed by atoms with Crippen LogP contribution in [0.25, 0.3) is 0 Å². The second kappa shape index (κ2) is 6.87. The highest BCUT2D eigenvalue weighted by molar-refractivity contribution is 6.17. The molecule has 1 aromatic rings. The minimum atomic E-state index is -0.158. The highest BCUT2D eigenvalue weighted by atomic mass is 35.5. The maximum Gasteiger partial charge on any atom is 0.123 e. The zero-order valence-electron chi connectivity index (χ0n) is 9.97. The molecule has 0 saturated heterocycles. The van der Waals surface area contributed by atoms with E-state index in [1.165, 1.54) is 6.07 Å². The fourth-order valence-corrected chi connectivity index (χ4v) is 1.80. The largest absolute Gasteiger partial charge is 0.299 e. The molecule has 3 heteroatoms. The van der Waals surface area contributed by atoms with Crippen LogP contribution in [0, 0.1) is 12.7 Å². The lowest BCUT2D eigenvalue weighted by atomic mass is 10.1. The molecule has 0 bridgehead atoms. The molecule has 0 radical (unpaired) electrons. The van der Waals surface area contributed by atoms with Gasteiger partial charge in [0.05, 0.1) is 0 Å². The molecular weight excluding hydrogens is 225 g/mol. The molecule has 0 saturated carbocycles. The Morgan fingerprint density at radius 3 is 2.75 bits per heavy atom. The maximum absolute atomic E-state index is 13.1. The predicted molar refractivity (Wildman–Crippen MR) is 67.4 cm³/mol. The average molecular weight is 244 g/mol. The first-order valence-electron chi connectivity index (χ1n) is 5.70. The smallest absolute Gasteiger partial charge is 0.123 e. The summed E-state index contributed by atoms with van der Waals surface area (Å²) in [6, 6.07) is 4.96. The number of aryl methyl sites for hydroxylation is 1. The molecule has 0 aromatic heterocycles.